The highest BCUT2D eigenvalue weighted by Gasteiger charge is 2.32. The van der Waals surface area contributed by atoms with Crippen LogP contribution in [-0.4, -0.2) is 47.9 Å². The van der Waals surface area contributed by atoms with E-state index in [2.05, 4.69) is 10.1 Å². The van der Waals surface area contributed by atoms with Crippen LogP contribution in [0.25, 0.3) is 0 Å². The zero-order valence-electron chi connectivity index (χ0n) is 11.0. The standard InChI is InChI=1S/C12H18N2O6/c13-6-9(15)7(3-4-10(16)17)11(18)20-12(19)8-2-1-5-14-8/h7-8,14H,1-6,13H2,(H,16,17). The Morgan fingerprint density at radius 1 is 1.35 bits per heavy atom. The SMILES string of the molecule is NCC(=O)C(CCC(=O)O)C(=O)OC(=O)C1CCCN1. The van der Waals surface area contributed by atoms with Crippen LogP contribution >= 0.6 is 0 Å². The lowest BCUT2D eigenvalue weighted by Gasteiger charge is -2.14. The summed E-state index contributed by atoms with van der Waals surface area (Å²) in [6.07, 6.45) is 0.770. The molecule has 0 aromatic carbocycles. The lowest BCUT2D eigenvalue weighted by molar-refractivity contribution is -0.164. The predicted octanol–water partition coefficient (Wildman–Crippen LogP) is -1.18. The van der Waals surface area contributed by atoms with Gasteiger partial charge in [-0.3, -0.25) is 14.4 Å². The molecule has 0 radical (unpaired) electrons. The number of carboxylic acids is 1. The van der Waals surface area contributed by atoms with E-state index in [1.807, 2.05) is 0 Å². The number of ketones is 1. The van der Waals surface area contributed by atoms with Crippen LogP contribution in [0.3, 0.4) is 0 Å². The molecule has 0 aliphatic carbocycles. The first-order valence-corrected chi connectivity index (χ1v) is 6.39. The summed E-state index contributed by atoms with van der Waals surface area (Å²) in [6.45, 7) is 0.257. The first-order chi connectivity index (χ1) is 9.45. The number of hydrogen-bond donors (Lipinski definition) is 3. The molecule has 0 aromatic heterocycles. The van der Waals surface area contributed by atoms with E-state index < -0.39 is 42.2 Å². The minimum atomic E-state index is -1.30. The molecule has 2 unspecified atom stereocenters. The number of carbonyl (C=O) groups is 4. The zero-order valence-corrected chi connectivity index (χ0v) is 11.0. The van der Waals surface area contributed by atoms with Gasteiger partial charge >= 0.3 is 17.9 Å². The molecule has 0 bridgehead atoms. The fourth-order valence-electron chi connectivity index (χ4n) is 1.95. The number of nitrogens with one attached hydrogen (secondary N) is 1. The van der Waals surface area contributed by atoms with Crippen LogP contribution in [0, 0.1) is 5.92 Å². The van der Waals surface area contributed by atoms with E-state index in [0.29, 0.717) is 13.0 Å². The van der Waals surface area contributed by atoms with Crippen LogP contribution in [0.1, 0.15) is 25.7 Å². The van der Waals surface area contributed by atoms with Gasteiger partial charge in [-0.25, -0.2) is 4.79 Å². The molecule has 1 saturated heterocycles. The molecule has 2 atom stereocenters. The van der Waals surface area contributed by atoms with E-state index in [-0.39, 0.29) is 12.8 Å². The van der Waals surface area contributed by atoms with E-state index >= 15 is 0 Å². The van der Waals surface area contributed by atoms with Gasteiger partial charge in [-0.15, -0.1) is 0 Å². The Kier molecular flexibility index (Phi) is 6.26. The highest BCUT2D eigenvalue weighted by Crippen LogP contribution is 2.13. The van der Waals surface area contributed by atoms with Crippen molar-refractivity contribution in [2.24, 2.45) is 11.7 Å². The molecule has 8 heteroatoms. The summed E-state index contributed by atoms with van der Waals surface area (Å²) < 4.78 is 4.64. The molecule has 0 spiro atoms. The van der Waals surface area contributed by atoms with Gasteiger partial charge in [0.15, 0.2) is 5.78 Å². The minimum Gasteiger partial charge on any atom is -0.481 e. The summed E-state index contributed by atoms with van der Waals surface area (Å²) in [7, 11) is 0. The smallest absolute Gasteiger partial charge is 0.330 e. The number of ether oxygens (including phenoxy) is 1. The third-order valence-electron chi connectivity index (χ3n) is 3.07. The van der Waals surface area contributed by atoms with Crippen LogP contribution in [0.4, 0.5) is 0 Å². The number of Topliss-reactive ketones (excluding diaryl/α,β-unsaturated/α-hetero) is 1. The lowest BCUT2D eigenvalue weighted by Crippen LogP contribution is -2.38. The van der Waals surface area contributed by atoms with Gasteiger partial charge in [0.25, 0.3) is 0 Å². The van der Waals surface area contributed by atoms with Crippen LogP contribution in [0.2, 0.25) is 0 Å². The molecule has 112 valence electrons. The van der Waals surface area contributed by atoms with E-state index in [0.717, 1.165) is 6.42 Å². The molecule has 20 heavy (non-hydrogen) atoms. The Morgan fingerprint density at radius 3 is 2.55 bits per heavy atom. The van der Waals surface area contributed by atoms with Crippen molar-refractivity contribution in [1.29, 1.82) is 0 Å². The van der Waals surface area contributed by atoms with Gasteiger partial charge in [0, 0.05) is 6.42 Å². The predicted molar refractivity (Wildman–Crippen MR) is 66.5 cm³/mol. The number of esters is 2. The number of rotatable bonds is 7. The van der Waals surface area contributed by atoms with E-state index in [9.17, 15) is 19.2 Å². The van der Waals surface area contributed by atoms with Gasteiger partial charge in [-0.1, -0.05) is 0 Å². The topological polar surface area (TPSA) is 136 Å². The fraction of sp³-hybridized carbons (Fsp3) is 0.667. The summed E-state index contributed by atoms with van der Waals surface area (Å²) in [5.74, 6) is -4.85. The Balaban J connectivity index is 2.59. The summed E-state index contributed by atoms with van der Waals surface area (Å²) in [5, 5.41) is 11.4. The second kappa shape index (κ2) is 7.71. The first-order valence-electron chi connectivity index (χ1n) is 6.39. The maximum atomic E-state index is 11.8. The van der Waals surface area contributed by atoms with Crippen molar-refractivity contribution >= 4 is 23.7 Å². The van der Waals surface area contributed by atoms with Crippen LogP contribution in [0.15, 0.2) is 0 Å². The van der Waals surface area contributed by atoms with Crippen molar-refractivity contribution in [1.82, 2.24) is 5.32 Å². The van der Waals surface area contributed by atoms with Crippen LogP contribution in [-0.2, 0) is 23.9 Å². The quantitative estimate of drug-likeness (QED) is 0.393. The first kappa shape index (κ1) is 16.3. The highest BCUT2D eigenvalue weighted by atomic mass is 16.6. The molecule has 1 fully saturated rings. The Hall–Kier alpha value is -1.80. The third kappa shape index (κ3) is 4.71. The number of carboxylic acid groups (broad SMARTS) is 1. The maximum absolute atomic E-state index is 11.8. The number of carbonyl (C=O) groups excluding carboxylic acids is 3. The van der Waals surface area contributed by atoms with Gasteiger partial charge < -0.3 is 20.9 Å². The summed E-state index contributed by atoms with van der Waals surface area (Å²) in [5.41, 5.74) is 5.17. The minimum absolute atomic E-state index is 0.227. The van der Waals surface area contributed by atoms with Crippen molar-refractivity contribution in [2.45, 2.75) is 31.7 Å². The molecular weight excluding hydrogens is 268 g/mol. The molecule has 0 saturated carbocycles. The number of nitrogens with two attached hydrogens (primary N) is 1. The second-order valence-corrected chi connectivity index (χ2v) is 4.54. The van der Waals surface area contributed by atoms with Crippen molar-refractivity contribution in [3.05, 3.63) is 0 Å². The molecule has 4 N–H and O–H groups in total. The zero-order chi connectivity index (χ0) is 15.1. The maximum Gasteiger partial charge on any atom is 0.330 e. The Morgan fingerprint density at radius 2 is 2.05 bits per heavy atom. The average Bonchev–Trinajstić information content (AvgIpc) is 2.92. The highest BCUT2D eigenvalue weighted by molar-refractivity contribution is 6.03. The molecule has 1 heterocycles. The number of aliphatic carboxylic acids is 1. The number of hydrogen-bond acceptors (Lipinski definition) is 7. The normalized spacial score (nSPS) is 19.4. The summed E-state index contributed by atoms with van der Waals surface area (Å²) in [4.78, 5) is 45.4. The molecular formula is C12H18N2O6. The largest absolute Gasteiger partial charge is 0.481 e. The fourth-order valence-corrected chi connectivity index (χ4v) is 1.95. The van der Waals surface area contributed by atoms with Gasteiger partial charge in [-0.2, -0.15) is 0 Å². The van der Waals surface area contributed by atoms with Crippen molar-refractivity contribution in [2.75, 3.05) is 13.1 Å². The van der Waals surface area contributed by atoms with Gasteiger partial charge in [0.1, 0.15) is 12.0 Å². The van der Waals surface area contributed by atoms with Crippen LogP contribution < -0.4 is 11.1 Å². The molecule has 0 aromatic rings. The van der Waals surface area contributed by atoms with E-state index in [1.54, 1.807) is 0 Å². The van der Waals surface area contributed by atoms with Crippen LogP contribution in [0.5, 0.6) is 0 Å². The molecule has 1 aliphatic rings. The molecule has 1 rings (SSSR count). The average molecular weight is 286 g/mol. The van der Waals surface area contributed by atoms with Crippen molar-refractivity contribution < 1.29 is 29.0 Å². The Bertz CT molecular complexity index is 403. The Labute approximate surface area is 115 Å². The molecule has 0 amide bonds. The second-order valence-electron chi connectivity index (χ2n) is 4.54. The summed E-state index contributed by atoms with van der Waals surface area (Å²) in [6, 6.07) is -0.549. The monoisotopic (exact) mass is 286 g/mol. The van der Waals surface area contributed by atoms with E-state index in [4.69, 9.17) is 10.8 Å². The van der Waals surface area contributed by atoms with Gasteiger partial charge in [0.2, 0.25) is 0 Å². The third-order valence-corrected chi connectivity index (χ3v) is 3.07. The van der Waals surface area contributed by atoms with Crippen molar-refractivity contribution in [3.63, 3.8) is 0 Å². The lowest BCUT2D eigenvalue weighted by atomic mass is 9.98. The molecule has 8 nitrogen and oxygen atoms in total. The summed E-state index contributed by atoms with van der Waals surface area (Å²) >= 11 is 0. The van der Waals surface area contributed by atoms with E-state index in [1.165, 1.54) is 0 Å². The van der Waals surface area contributed by atoms with Crippen molar-refractivity contribution in [3.8, 4) is 0 Å². The molecule has 1 aliphatic heterocycles. The van der Waals surface area contributed by atoms with Gasteiger partial charge in [0.05, 0.1) is 6.54 Å². The van der Waals surface area contributed by atoms with Gasteiger partial charge in [-0.05, 0) is 25.8 Å².